The van der Waals surface area contributed by atoms with Gasteiger partial charge < -0.3 is 41.5 Å². The Morgan fingerprint density at radius 3 is 2.51 bits per heavy atom. The van der Waals surface area contributed by atoms with Crippen LogP contribution in [-0.4, -0.2) is 75.4 Å². The lowest BCUT2D eigenvalue weighted by Gasteiger charge is -2.46. The van der Waals surface area contributed by atoms with E-state index in [0.717, 1.165) is 5.69 Å². The van der Waals surface area contributed by atoms with Gasteiger partial charge >= 0.3 is 0 Å². The molecule has 37 heavy (non-hydrogen) atoms. The molecule has 0 heterocycles. The second kappa shape index (κ2) is 9.47. The summed E-state index contributed by atoms with van der Waals surface area (Å²) in [4.78, 5) is 39.8. The molecule has 1 unspecified atom stereocenters. The molecule has 1 aromatic carbocycles. The van der Waals surface area contributed by atoms with Gasteiger partial charge in [-0.1, -0.05) is 0 Å². The molecule has 0 aliphatic heterocycles. The average Bonchev–Trinajstić information content (AvgIpc) is 2.80. The summed E-state index contributed by atoms with van der Waals surface area (Å²) in [7, 11) is 3.63. The lowest BCUT2D eigenvalue weighted by Crippen LogP contribution is -2.58. The first-order chi connectivity index (χ1) is 17.3. The molecule has 0 radical (unpaired) electrons. The number of aromatic hydroxyl groups is 1. The van der Waals surface area contributed by atoms with E-state index in [9.17, 15) is 34.8 Å². The van der Waals surface area contributed by atoms with E-state index in [-0.39, 0.29) is 55.3 Å². The number of aliphatic hydroxyl groups is 4. The van der Waals surface area contributed by atoms with E-state index in [2.05, 4.69) is 5.32 Å². The van der Waals surface area contributed by atoms with Crippen molar-refractivity contribution in [1.29, 1.82) is 0 Å². The molecule has 4 atom stereocenters. The summed E-state index contributed by atoms with van der Waals surface area (Å²) in [6.07, 6.45) is 0.470. The monoisotopic (exact) mass is 515 g/mol. The molecule has 11 heteroatoms. The first kappa shape index (κ1) is 26.6. The highest BCUT2D eigenvalue weighted by Gasteiger charge is 2.60. The van der Waals surface area contributed by atoms with Crippen LogP contribution >= 0.6 is 0 Å². The number of carbonyl (C=O) groups is 3. The minimum atomic E-state index is -2.59. The van der Waals surface area contributed by atoms with Crippen LogP contribution in [0, 0.1) is 11.8 Å². The Kier molecular flexibility index (Phi) is 6.82. The maximum absolute atomic E-state index is 13.7. The summed E-state index contributed by atoms with van der Waals surface area (Å²) in [6, 6.07) is 1.75. The van der Waals surface area contributed by atoms with Crippen molar-refractivity contribution in [1.82, 2.24) is 5.32 Å². The highest BCUT2D eigenvalue weighted by molar-refractivity contribution is 6.22. The van der Waals surface area contributed by atoms with Crippen LogP contribution in [0.4, 0.5) is 5.69 Å². The lowest BCUT2D eigenvalue weighted by molar-refractivity contribution is -0.147. The fourth-order valence-electron chi connectivity index (χ4n) is 5.84. The Labute approximate surface area is 213 Å². The van der Waals surface area contributed by atoms with Gasteiger partial charge in [-0.25, -0.2) is 0 Å². The van der Waals surface area contributed by atoms with Crippen LogP contribution in [0.2, 0.25) is 0 Å². The van der Waals surface area contributed by atoms with Gasteiger partial charge in [0.2, 0.25) is 5.78 Å². The molecule has 8 N–H and O–H groups in total. The zero-order valence-electron chi connectivity index (χ0n) is 21.0. The molecule has 3 aliphatic rings. The zero-order valence-corrected chi connectivity index (χ0v) is 21.0. The van der Waals surface area contributed by atoms with Crippen molar-refractivity contribution in [2.24, 2.45) is 17.6 Å². The third-order valence-electron chi connectivity index (χ3n) is 7.80. The number of phenolic OH excluding ortho intramolecular Hbond substituents is 1. The number of carbonyl (C=O) groups excluding carboxylic acids is 3. The molecule has 0 saturated heterocycles. The van der Waals surface area contributed by atoms with Crippen LogP contribution in [0.5, 0.6) is 5.75 Å². The summed E-state index contributed by atoms with van der Waals surface area (Å²) in [5, 5.41) is 57.0. The van der Waals surface area contributed by atoms with Crippen LogP contribution in [0.15, 0.2) is 23.0 Å². The third-order valence-corrected chi connectivity index (χ3v) is 7.80. The zero-order chi connectivity index (χ0) is 27.4. The first-order valence-electron chi connectivity index (χ1n) is 12.2. The van der Waals surface area contributed by atoms with E-state index in [1.165, 1.54) is 0 Å². The minimum Gasteiger partial charge on any atom is -0.508 e. The van der Waals surface area contributed by atoms with Gasteiger partial charge in [-0.05, 0) is 43.7 Å². The van der Waals surface area contributed by atoms with Gasteiger partial charge in [0.05, 0.1) is 5.56 Å². The summed E-state index contributed by atoms with van der Waals surface area (Å²) in [6.45, 7) is 2.11. The van der Waals surface area contributed by atoms with E-state index < -0.39 is 52.0 Å². The Bertz CT molecular complexity index is 1250. The van der Waals surface area contributed by atoms with Crippen molar-refractivity contribution in [2.45, 2.75) is 50.8 Å². The van der Waals surface area contributed by atoms with Gasteiger partial charge in [0.15, 0.2) is 11.4 Å². The Hall–Kier alpha value is -3.41. The number of nitrogens with one attached hydrogen (secondary N) is 1. The standard InChI is InChI=1S/C26H33N3O8/c1-11(4-5-30)28-10-13-8-16(29(2)3)15-7-12-6-14-9-17(31)20(25(27)36)24(35)26(14,37)23(34)18(12)22(33)19(15)21(13)32/h8,11-12,14,28,30,32-33,35,37H,4-7,9-10H2,1-3H3,(H2,27,36)/t11?,12-,14+,26+/m1/s1. The number of primary amides is 1. The number of benzene rings is 1. The van der Waals surface area contributed by atoms with Gasteiger partial charge in [0, 0.05) is 62.5 Å². The lowest BCUT2D eigenvalue weighted by atomic mass is 9.59. The fraction of sp³-hybridized carbons (Fsp3) is 0.500. The van der Waals surface area contributed by atoms with Crippen molar-refractivity contribution in [3.05, 3.63) is 39.7 Å². The fourth-order valence-corrected chi connectivity index (χ4v) is 5.84. The van der Waals surface area contributed by atoms with Crippen LogP contribution in [-0.2, 0) is 27.3 Å². The Balaban J connectivity index is 1.87. The van der Waals surface area contributed by atoms with E-state index in [0.29, 0.717) is 17.5 Å². The number of amides is 1. The smallest absolute Gasteiger partial charge is 0.255 e. The van der Waals surface area contributed by atoms with Gasteiger partial charge in [-0.2, -0.15) is 0 Å². The SMILES string of the molecule is CC(CCO)NCc1cc(N(C)C)c2c(c1O)C(O)=C1C(=O)[C@]3(O)C(O)=C(C(N)=O)C(=O)C[C@@H]3C[C@@H]1C2. The molecule has 0 aromatic heterocycles. The third kappa shape index (κ3) is 4.07. The molecule has 0 bridgehead atoms. The molecule has 200 valence electrons. The van der Waals surface area contributed by atoms with Crippen LogP contribution < -0.4 is 16.0 Å². The van der Waals surface area contributed by atoms with E-state index in [1.54, 1.807) is 6.07 Å². The van der Waals surface area contributed by atoms with Crippen molar-refractivity contribution >= 4 is 28.9 Å². The number of fused-ring (bicyclic) bond motifs is 3. The molecule has 0 spiro atoms. The number of nitrogens with zero attached hydrogens (tertiary/aromatic N) is 1. The summed E-state index contributed by atoms with van der Waals surface area (Å²) >= 11 is 0. The van der Waals surface area contributed by atoms with E-state index in [4.69, 9.17) is 10.8 Å². The van der Waals surface area contributed by atoms with Crippen molar-refractivity contribution < 1.29 is 39.9 Å². The molecule has 11 nitrogen and oxygen atoms in total. The highest BCUT2D eigenvalue weighted by Crippen LogP contribution is 2.53. The largest absolute Gasteiger partial charge is 0.508 e. The number of nitrogens with two attached hydrogens (primary N) is 1. The van der Waals surface area contributed by atoms with Crippen LogP contribution in [0.3, 0.4) is 0 Å². The maximum Gasteiger partial charge on any atom is 0.255 e. The predicted octanol–water partition coefficient (Wildman–Crippen LogP) is 0.350. The van der Waals surface area contributed by atoms with Gasteiger partial charge in [-0.15, -0.1) is 0 Å². The number of anilines is 1. The summed E-state index contributed by atoms with van der Waals surface area (Å²) in [5.41, 5.74) is 3.50. The molecule has 1 fully saturated rings. The Morgan fingerprint density at radius 2 is 1.92 bits per heavy atom. The Morgan fingerprint density at radius 1 is 1.24 bits per heavy atom. The van der Waals surface area contributed by atoms with Gasteiger partial charge in [-0.3, -0.25) is 14.4 Å². The minimum absolute atomic E-state index is 0.00205. The summed E-state index contributed by atoms with van der Waals surface area (Å²) in [5.74, 6) is -6.46. The van der Waals surface area contributed by atoms with E-state index >= 15 is 0 Å². The summed E-state index contributed by atoms with van der Waals surface area (Å²) < 4.78 is 0. The number of phenols is 1. The van der Waals surface area contributed by atoms with Crippen molar-refractivity contribution in [3.63, 3.8) is 0 Å². The van der Waals surface area contributed by atoms with Crippen molar-refractivity contribution in [2.75, 3.05) is 25.6 Å². The number of hydrogen-bond donors (Lipinski definition) is 7. The quantitative estimate of drug-likeness (QED) is 0.249. The van der Waals surface area contributed by atoms with Gasteiger partial charge in [0.25, 0.3) is 5.91 Å². The molecular weight excluding hydrogens is 482 g/mol. The molecular formula is C26H33N3O8. The molecule has 4 rings (SSSR count). The molecule has 1 saturated carbocycles. The number of rotatable bonds is 7. The van der Waals surface area contributed by atoms with Crippen molar-refractivity contribution in [3.8, 4) is 5.75 Å². The average molecular weight is 516 g/mol. The number of hydrogen-bond acceptors (Lipinski definition) is 10. The van der Waals surface area contributed by atoms with Crippen LogP contribution in [0.25, 0.3) is 5.76 Å². The normalized spacial score (nSPS) is 26.0. The number of Topliss-reactive ketones (excluding diaryl/α,β-unsaturated/α-hetero) is 2. The second-order valence-corrected chi connectivity index (χ2v) is 10.4. The molecule has 1 amide bonds. The first-order valence-corrected chi connectivity index (χ1v) is 12.2. The highest BCUT2D eigenvalue weighted by atomic mass is 16.3. The molecule has 3 aliphatic carbocycles. The van der Waals surface area contributed by atoms with Crippen LogP contribution in [0.1, 0.15) is 42.9 Å². The topological polar surface area (TPSA) is 194 Å². The number of aliphatic hydroxyl groups excluding tert-OH is 3. The second-order valence-electron chi connectivity index (χ2n) is 10.4. The van der Waals surface area contributed by atoms with E-state index in [1.807, 2.05) is 25.9 Å². The number of ketones is 2. The maximum atomic E-state index is 13.7. The molecule has 1 aromatic rings. The predicted molar refractivity (Wildman–Crippen MR) is 134 cm³/mol. The van der Waals surface area contributed by atoms with Gasteiger partial charge in [0.1, 0.15) is 22.8 Å².